The highest BCUT2D eigenvalue weighted by molar-refractivity contribution is 7.65. The van der Waals surface area contributed by atoms with Crippen molar-refractivity contribution in [3.8, 4) is 0 Å². The minimum absolute atomic E-state index is 0.0453. The molecule has 5 unspecified atom stereocenters. The summed E-state index contributed by atoms with van der Waals surface area (Å²) in [5.41, 5.74) is 0. The lowest BCUT2D eigenvalue weighted by Crippen LogP contribution is -2.59. The Kier molecular flexibility index (Phi) is 12.0. The summed E-state index contributed by atoms with van der Waals surface area (Å²) in [7, 11) is 0. The molecular formula is C16H30NO8S+. The molecule has 0 bridgehead atoms. The molecule has 1 heterocycles. The molecule has 0 spiro atoms. The minimum Gasteiger partial charge on any atom is -0.394 e. The Bertz CT molecular complexity index is 412. The predicted molar refractivity (Wildman–Crippen MR) is 93.3 cm³/mol. The van der Waals surface area contributed by atoms with E-state index < -0.39 is 37.3 Å². The number of unbranched alkanes of at least 4 members (excludes halogenated alkanes) is 3. The Morgan fingerprint density at radius 2 is 1.81 bits per heavy atom. The normalized spacial score (nSPS) is 28.7. The van der Waals surface area contributed by atoms with Crippen molar-refractivity contribution in [2.24, 2.45) is 0 Å². The number of nitrogens with one attached hydrogen (secondary N) is 1. The van der Waals surface area contributed by atoms with Gasteiger partial charge in [-0.05, 0) is 25.7 Å². The van der Waals surface area contributed by atoms with Gasteiger partial charge in [0, 0.05) is 30.2 Å². The van der Waals surface area contributed by atoms with Crippen LogP contribution in [0.15, 0.2) is 0 Å². The fourth-order valence-corrected chi connectivity index (χ4v) is 2.89. The topological polar surface area (TPSA) is 146 Å². The van der Waals surface area contributed by atoms with E-state index in [9.17, 15) is 24.3 Å². The molecule has 1 aliphatic heterocycles. The third-order valence-electron chi connectivity index (χ3n) is 4.16. The van der Waals surface area contributed by atoms with Crippen LogP contribution in [-0.2, 0) is 30.1 Å². The fraction of sp³-hybridized carbons (Fsp3) is 0.938. The number of amides is 1. The van der Waals surface area contributed by atoms with Crippen LogP contribution < -0.4 is 5.32 Å². The third-order valence-corrected chi connectivity index (χ3v) is 4.61. The third kappa shape index (κ3) is 8.30. The van der Waals surface area contributed by atoms with Gasteiger partial charge in [0.05, 0.1) is 6.61 Å². The number of carbonyl (C=O) groups is 1. The summed E-state index contributed by atoms with van der Waals surface area (Å²) in [6.07, 6.45) is -2.25. The molecule has 1 aliphatic rings. The largest absolute Gasteiger partial charge is 0.458 e. The fourth-order valence-electron chi connectivity index (χ4n) is 2.57. The molecule has 10 heteroatoms. The zero-order chi connectivity index (χ0) is 19.4. The van der Waals surface area contributed by atoms with Crippen molar-refractivity contribution in [3.05, 3.63) is 0 Å². The van der Waals surface area contributed by atoms with Gasteiger partial charge in [0.15, 0.2) is 6.29 Å². The summed E-state index contributed by atoms with van der Waals surface area (Å²) in [5.74, 6) is 0.554. The van der Waals surface area contributed by atoms with Gasteiger partial charge in [0.25, 0.3) is 0 Å². The van der Waals surface area contributed by atoms with Crippen molar-refractivity contribution in [1.82, 2.24) is 5.32 Å². The van der Waals surface area contributed by atoms with Crippen LogP contribution in [0.1, 0.15) is 38.5 Å². The molecule has 1 saturated heterocycles. The van der Waals surface area contributed by atoms with Gasteiger partial charge in [0.1, 0.15) is 24.4 Å². The molecule has 0 aliphatic carbocycles. The second-order valence-electron chi connectivity index (χ2n) is 6.26. The van der Waals surface area contributed by atoms with E-state index in [0.29, 0.717) is 43.2 Å². The van der Waals surface area contributed by atoms with Crippen LogP contribution in [0.5, 0.6) is 0 Å². The van der Waals surface area contributed by atoms with Crippen molar-refractivity contribution >= 4 is 17.6 Å². The number of aliphatic hydroxyl groups is 4. The van der Waals surface area contributed by atoms with E-state index in [0.717, 1.165) is 19.3 Å². The Morgan fingerprint density at radius 1 is 1.04 bits per heavy atom. The van der Waals surface area contributed by atoms with Crippen LogP contribution in [-0.4, -0.2) is 82.6 Å². The van der Waals surface area contributed by atoms with Gasteiger partial charge in [-0.1, -0.05) is 0 Å². The van der Waals surface area contributed by atoms with Gasteiger partial charge in [-0.2, -0.15) is 0 Å². The number of rotatable bonds is 13. The van der Waals surface area contributed by atoms with Crippen molar-refractivity contribution in [1.29, 1.82) is 0 Å². The summed E-state index contributed by atoms with van der Waals surface area (Å²) >= 11 is 0.581. The van der Waals surface area contributed by atoms with Crippen LogP contribution in [0, 0.1) is 0 Å². The number of aliphatic hydroxyl groups excluding tert-OH is 4. The van der Waals surface area contributed by atoms with E-state index in [2.05, 4.69) is 5.32 Å². The Labute approximate surface area is 157 Å². The highest BCUT2D eigenvalue weighted by Crippen LogP contribution is 2.22. The molecule has 0 saturated carbocycles. The van der Waals surface area contributed by atoms with Gasteiger partial charge in [0.2, 0.25) is 11.7 Å². The molecule has 5 N–H and O–H groups in total. The van der Waals surface area contributed by atoms with Gasteiger partial charge in [-0.25, -0.2) is 0 Å². The number of hydrogen-bond acceptors (Lipinski definition) is 8. The SMILES string of the molecule is O=[S+]CCCCCNC(=O)CCCCOC1OC(CO)C(O)C(O)C1O. The molecule has 0 aromatic rings. The molecule has 0 aromatic heterocycles. The second kappa shape index (κ2) is 13.4. The van der Waals surface area contributed by atoms with Crippen molar-refractivity contribution in [2.75, 3.05) is 25.5 Å². The number of hydrogen-bond donors (Lipinski definition) is 5. The average Bonchev–Trinajstić information content (AvgIpc) is 2.64. The first-order valence-corrected chi connectivity index (χ1v) is 9.86. The second-order valence-corrected chi connectivity index (χ2v) is 6.90. The predicted octanol–water partition coefficient (Wildman–Crippen LogP) is -1.31. The monoisotopic (exact) mass is 396 g/mol. The minimum atomic E-state index is -1.45. The zero-order valence-corrected chi connectivity index (χ0v) is 15.6. The van der Waals surface area contributed by atoms with Crippen LogP contribution in [0.4, 0.5) is 0 Å². The quantitative estimate of drug-likeness (QED) is 0.190. The van der Waals surface area contributed by atoms with E-state index in [4.69, 9.17) is 14.6 Å². The average molecular weight is 396 g/mol. The molecule has 5 atom stereocenters. The van der Waals surface area contributed by atoms with Crippen LogP contribution in [0.25, 0.3) is 0 Å². The molecule has 0 aromatic carbocycles. The summed E-state index contributed by atoms with van der Waals surface area (Å²) in [6, 6.07) is 0. The first-order chi connectivity index (χ1) is 12.5. The van der Waals surface area contributed by atoms with Crippen LogP contribution in [0.2, 0.25) is 0 Å². The Morgan fingerprint density at radius 3 is 2.50 bits per heavy atom. The summed E-state index contributed by atoms with van der Waals surface area (Å²) < 4.78 is 20.8. The maximum atomic E-state index is 11.7. The molecule has 26 heavy (non-hydrogen) atoms. The van der Waals surface area contributed by atoms with Crippen molar-refractivity contribution in [3.63, 3.8) is 0 Å². The highest BCUT2D eigenvalue weighted by Gasteiger charge is 2.43. The Hall–Kier alpha value is -0.750. The molecule has 1 amide bonds. The van der Waals surface area contributed by atoms with E-state index >= 15 is 0 Å². The van der Waals surface area contributed by atoms with E-state index in [1.165, 1.54) is 0 Å². The smallest absolute Gasteiger partial charge is 0.394 e. The van der Waals surface area contributed by atoms with Crippen molar-refractivity contribution in [2.45, 2.75) is 69.2 Å². The molecule has 0 radical (unpaired) electrons. The Balaban J connectivity index is 2.09. The first kappa shape index (κ1) is 23.3. The van der Waals surface area contributed by atoms with Gasteiger partial charge in [-0.3, -0.25) is 4.79 Å². The lowest BCUT2D eigenvalue weighted by molar-refractivity contribution is -0.301. The summed E-state index contributed by atoms with van der Waals surface area (Å²) in [5, 5.41) is 41.0. The lowest BCUT2D eigenvalue weighted by Gasteiger charge is -2.39. The number of carbonyl (C=O) groups excluding carboxylic acids is 1. The maximum Gasteiger partial charge on any atom is 0.458 e. The summed E-state index contributed by atoms with van der Waals surface area (Å²) in [4.78, 5) is 11.7. The molecule has 1 rings (SSSR count). The van der Waals surface area contributed by atoms with Gasteiger partial charge >= 0.3 is 11.7 Å². The van der Waals surface area contributed by atoms with Gasteiger partial charge in [-0.15, -0.1) is 0 Å². The van der Waals surface area contributed by atoms with Gasteiger partial charge < -0.3 is 35.2 Å². The highest BCUT2D eigenvalue weighted by atomic mass is 32.1. The molecule has 1 fully saturated rings. The number of ether oxygens (including phenoxy) is 2. The van der Waals surface area contributed by atoms with Crippen molar-refractivity contribution < 1.29 is 38.9 Å². The van der Waals surface area contributed by atoms with E-state index in [-0.39, 0.29) is 12.5 Å². The zero-order valence-electron chi connectivity index (χ0n) is 14.8. The molecule has 152 valence electrons. The maximum absolute atomic E-state index is 11.7. The first-order valence-electron chi connectivity index (χ1n) is 8.94. The lowest BCUT2D eigenvalue weighted by atomic mass is 9.99. The van der Waals surface area contributed by atoms with Crippen LogP contribution >= 0.6 is 0 Å². The summed E-state index contributed by atoms with van der Waals surface area (Å²) in [6.45, 7) is 0.313. The van der Waals surface area contributed by atoms with Crippen LogP contribution in [0.3, 0.4) is 0 Å². The standard InChI is InChI=1S/C16H29NO8S/c18-10-11-13(20)14(21)15(22)16(25-11)24-8-4-2-6-12(19)17-7-3-1-5-9-26-23/h11,13-16,18,20-22H,1-10H2/p+1. The molecular weight excluding hydrogens is 366 g/mol. The van der Waals surface area contributed by atoms with E-state index in [1.807, 2.05) is 0 Å². The van der Waals surface area contributed by atoms with E-state index in [1.54, 1.807) is 0 Å². The molecule has 9 nitrogen and oxygen atoms in total.